The Kier molecular flexibility index (Phi) is 3.61. The molecule has 3 aromatic rings. The van der Waals surface area contributed by atoms with Crippen molar-refractivity contribution < 1.29 is 22.6 Å². The van der Waals surface area contributed by atoms with E-state index in [9.17, 15) is 9.59 Å². The van der Waals surface area contributed by atoms with Gasteiger partial charge in [-0.1, -0.05) is 6.07 Å². The topological polar surface area (TPSA) is 111 Å². The van der Waals surface area contributed by atoms with Crippen molar-refractivity contribution in [2.24, 2.45) is 18.8 Å². The summed E-state index contributed by atoms with van der Waals surface area (Å²) in [5.74, 6) is -0.446. The lowest BCUT2D eigenvalue weighted by Crippen LogP contribution is -2.15. The van der Waals surface area contributed by atoms with E-state index in [1.54, 1.807) is 12.1 Å². The van der Waals surface area contributed by atoms with Crippen LogP contribution in [0.5, 0.6) is 5.75 Å². The second kappa shape index (κ2) is 8.07. The maximum absolute atomic E-state index is 13.0. The molecule has 1 aromatic carbocycles. The van der Waals surface area contributed by atoms with Crippen LogP contribution >= 0.6 is 0 Å². The summed E-state index contributed by atoms with van der Waals surface area (Å²) in [6.45, 7) is -2.58. The molecule has 2 aliphatic rings. The Morgan fingerprint density at radius 2 is 2.00 bits per heavy atom. The van der Waals surface area contributed by atoms with Gasteiger partial charge in [-0.15, -0.1) is 0 Å². The highest BCUT2D eigenvalue weighted by molar-refractivity contribution is 6.05. The third-order valence-corrected chi connectivity index (χ3v) is 5.44. The van der Waals surface area contributed by atoms with Crippen LogP contribution in [0.4, 0.5) is 17.2 Å². The number of aromatic nitrogens is 4. The van der Waals surface area contributed by atoms with E-state index >= 15 is 0 Å². The van der Waals surface area contributed by atoms with Gasteiger partial charge in [0.1, 0.15) is 12.1 Å². The molecular formula is C23H24N6O3. The standard InChI is InChI=1S/C23H24N6O3/c1-29-12-25-22(28-29)15-4-3-5-17(21(15)32-2)26-18-10-19(27-23(31)14-8-9-14)24-11-16(18)20(30)13-6-7-13/h3-5,10-14H,6-9H2,1-2H3,(H2,24,26,27,31)/i1D3,2D3. The summed E-state index contributed by atoms with van der Waals surface area (Å²) >= 11 is 0. The lowest BCUT2D eigenvalue weighted by molar-refractivity contribution is -0.117. The third-order valence-electron chi connectivity index (χ3n) is 5.44. The molecule has 32 heavy (non-hydrogen) atoms. The van der Waals surface area contributed by atoms with Gasteiger partial charge in [0.2, 0.25) is 5.91 Å². The van der Waals surface area contributed by atoms with Gasteiger partial charge in [-0.05, 0) is 37.8 Å². The first kappa shape index (κ1) is 14.3. The van der Waals surface area contributed by atoms with Crippen LogP contribution in [0.15, 0.2) is 36.8 Å². The minimum atomic E-state index is -2.87. The van der Waals surface area contributed by atoms with E-state index in [2.05, 4.69) is 25.7 Å². The van der Waals surface area contributed by atoms with Crippen molar-refractivity contribution in [1.82, 2.24) is 19.7 Å². The molecule has 0 unspecified atom stereocenters. The maximum Gasteiger partial charge on any atom is 0.228 e. The number of anilines is 3. The highest BCUT2D eigenvalue weighted by atomic mass is 16.5. The second-order valence-electron chi connectivity index (χ2n) is 7.94. The summed E-state index contributed by atoms with van der Waals surface area (Å²) in [7, 11) is -2.87. The number of hydrogen-bond acceptors (Lipinski definition) is 7. The fourth-order valence-corrected chi connectivity index (χ4v) is 3.42. The SMILES string of the molecule is [2H]C([2H])([2H])Oc1c(Nc2cc(NC(=O)C3CC3)ncc2C(=O)C2CC2)cccc1-c1ncn(C([2H])([2H])[2H])n1. The van der Waals surface area contributed by atoms with Crippen molar-refractivity contribution in [1.29, 1.82) is 0 Å². The average Bonchev–Trinajstić information content (AvgIpc) is 3.76. The zero-order valence-electron chi connectivity index (χ0n) is 23.0. The highest BCUT2D eigenvalue weighted by Gasteiger charge is 2.33. The van der Waals surface area contributed by atoms with E-state index in [1.807, 2.05) is 0 Å². The Morgan fingerprint density at radius 3 is 2.72 bits per heavy atom. The smallest absolute Gasteiger partial charge is 0.228 e. The number of aryl methyl sites for hydroxylation is 1. The van der Waals surface area contributed by atoms with Crippen LogP contribution in [-0.2, 0) is 11.8 Å². The first-order chi connectivity index (χ1) is 17.9. The number of benzene rings is 1. The summed E-state index contributed by atoms with van der Waals surface area (Å²) in [6, 6.07) is 6.14. The van der Waals surface area contributed by atoms with E-state index in [1.165, 1.54) is 18.3 Å². The van der Waals surface area contributed by atoms with Gasteiger partial charge in [0.15, 0.2) is 17.4 Å². The van der Waals surface area contributed by atoms with Crippen LogP contribution in [0.25, 0.3) is 11.4 Å². The molecule has 2 aliphatic carbocycles. The van der Waals surface area contributed by atoms with Crippen molar-refractivity contribution in [3.63, 3.8) is 0 Å². The molecule has 0 saturated heterocycles. The lowest BCUT2D eigenvalue weighted by atomic mass is 10.1. The summed E-state index contributed by atoms with van der Waals surface area (Å²) in [4.78, 5) is 33.6. The first-order valence-corrected chi connectivity index (χ1v) is 10.3. The number of carbonyl (C=O) groups excluding carboxylic acids is 2. The Balaban J connectivity index is 1.56. The molecule has 2 N–H and O–H groups in total. The Bertz CT molecular complexity index is 1400. The Labute approximate surface area is 193 Å². The van der Waals surface area contributed by atoms with Crippen molar-refractivity contribution in [2.75, 3.05) is 17.7 Å². The van der Waals surface area contributed by atoms with Gasteiger partial charge in [0.05, 0.1) is 33.7 Å². The molecule has 0 atom stereocenters. The van der Waals surface area contributed by atoms with Gasteiger partial charge in [-0.25, -0.2) is 9.97 Å². The number of carbonyl (C=O) groups is 2. The van der Waals surface area contributed by atoms with Gasteiger partial charge < -0.3 is 15.4 Å². The number of nitrogens with zero attached hydrogens (tertiary/aromatic N) is 4. The number of ketones is 1. The number of nitrogens with one attached hydrogen (secondary N) is 2. The van der Waals surface area contributed by atoms with Gasteiger partial charge in [-0.3, -0.25) is 14.3 Å². The predicted molar refractivity (Wildman–Crippen MR) is 119 cm³/mol. The van der Waals surface area contributed by atoms with Crippen LogP contribution < -0.4 is 15.4 Å². The van der Waals surface area contributed by atoms with Crippen LogP contribution in [0.2, 0.25) is 0 Å². The molecule has 2 aromatic heterocycles. The number of para-hydroxylation sites is 1. The summed E-state index contributed by atoms with van der Waals surface area (Å²) in [6.07, 6.45) is 5.55. The zero-order chi connectivity index (χ0) is 27.2. The van der Waals surface area contributed by atoms with Crippen LogP contribution in [0.3, 0.4) is 0 Å². The van der Waals surface area contributed by atoms with Gasteiger partial charge >= 0.3 is 0 Å². The molecule has 0 aliphatic heterocycles. The number of pyridine rings is 1. The minimum Gasteiger partial charge on any atom is -0.494 e. The van der Waals surface area contributed by atoms with E-state index in [0.717, 1.165) is 32.0 Å². The summed E-state index contributed by atoms with van der Waals surface area (Å²) < 4.78 is 51.6. The number of Topliss-reactive ketones (excluding diaryl/α,β-unsaturated/α-hetero) is 1. The highest BCUT2D eigenvalue weighted by Crippen LogP contribution is 2.39. The zero-order valence-corrected chi connectivity index (χ0v) is 17.0. The van der Waals surface area contributed by atoms with E-state index < -0.39 is 14.0 Å². The van der Waals surface area contributed by atoms with Crippen LogP contribution in [0.1, 0.15) is 44.3 Å². The summed E-state index contributed by atoms with van der Waals surface area (Å²) in [5.41, 5.74) is 0.878. The number of methoxy groups -OCH3 is 1. The third kappa shape index (κ3) is 4.05. The monoisotopic (exact) mass is 438 g/mol. The first-order valence-electron chi connectivity index (χ1n) is 13.3. The fourth-order valence-electron chi connectivity index (χ4n) is 3.42. The van der Waals surface area contributed by atoms with Gasteiger partial charge in [0, 0.05) is 35.2 Å². The summed E-state index contributed by atoms with van der Waals surface area (Å²) in [5, 5.41) is 9.80. The normalized spacial score (nSPS) is 18.9. The second-order valence-corrected chi connectivity index (χ2v) is 7.94. The molecule has 2 heterocycles. The largest absolute Gasteiger partial charge is 0.494 e. The molecular weight excluding hydrogens is 408 g/mol. The number of rotatable bonds is 8. The van der Waals surface area contributed by atoms with E-state index in [4.69, 9.17) is 13.0 Å². The predicted octanol–water partition coefficient (Wildman–Crippen LogP) is 3.57. The lowest BCUT2D eigenvalue weighted by Gasteiger charge is -2.17. The molecule has 5 rings (SSSR count). The van der Waals surface area contributed by atoms with Crippen molar-refractivity contribution in [3.8, 4) is 17.1 Å². The molecule has 1 amide bonds. The van der Waals surface area contributed by atoms with Crippen LogP contribution in [0, 0.1) is 11.8 Å². The Hall–Kier alpha value is -3.75. The average molecular weight is 439 g/mol. The van der Waals surface area contributed by atoms with Gasteiger partial charge in [0.25, 0.3) is 0 Å². The molecule has 9 nitrogen and oxygen atoms in total. The minimum absolute atomic E-state index is 0.0563. The number of hydrogen-bond donors (Lipinski definition) is 2. The molecule has 164 valence electrons. The maximum atomic E-state index is 13.0. The van der Waals surface area contributed by atoms with Crippen molar-refractivity contribution in [2.45, 2.75) is 25.7 Å². The molecule has 9 heteroatoms. The molecule has 2 fully saturated rings. The quantitative estimate of drug-likeness (QED) is 0.517. The Morgan fingerprint density at radius 1 is 1.16 bits per heavy atom. The van der Waals surface area contributed by atoms with E-state index in [0.29, 0.717) is 10.4 Å². The van der Waals surface area contributed by atoms with Crippen LogP contribution in [-0.4, -0.2) is 38.5 Å². The van der Waals surface area contributed by atoms with E-state index in [-0.39, 0.29) is 57.7 Å². The molecule has 0 bridgehead atoms. The van der Waals surface area contributed by atoms with Crippen molar-refractivity contribution >= 4 is 28.9 Å². The molecule has 2 saturated carbocycles. The number of amides is 1. The van der Waals surface area contributed by atoms with Crippen molar-refractivity contribution in [3.05, 3.63) is 42.4 Å². The molecule has 0 spiro atoms. The fraction of sp³-hybridized carbons (Fsp3) is 0.348. The van der Waals surface area contributed by atoms with Gasteiger partial charge in [-0.2, -0.15) is 5.10 Å². The number of ether oxygens (including phenoxy) is 1. The molecule has 0 radical (unpaired) electrons.